The van der Waals surface area contributed by atoms with Gasteiger partial charge in [0.25, 0.3) is 0 Å². The van der Waals surface area contributed by atoms with E-state index in [0.717, 1.165) is 16.6 Å². The number of halogens is 2. The summed E-state index contributed by atoms with van der Waals surface area (Å²) in [7, 11) is 3.67. The van der Waals surface area contributed by atoms with Gasteiger partial charge in [0.05, 0.1) is 11.6 Å². The van der Waals surface area contributed by atoms with E-state index in [1.165, 1.54) is 14.9 Å². The number of ether oxygens (including phenoxy) is 1. The highest BCUT2D eigenvalue weighted by atomic mass is 79.9. The predicted octanol–water partition coefficient (Wildman–Crippen LogP) is 4.78. The van der Waals surface area contributed by atoms with E-state index >= 15 is 0 Å². The van der Waals surface area contributed by atoms with Gasteiger partial charge in [-0.05, 0) is 68.1 Å². The number of benzene rings is 1. The van der Waals surface area contributed by atoms with Crippen molar-refractivity contribution in [1.29, 1.82) is 0 Å². The standard InChI is InChI=1S/C14H15Br2NOS/c1-17-12(8-14-10(15)5-6-19-14)9-3-4-13(18-2)11(16)7-9/h3-7,12,17H,8H2,1-2H3. The summed E-state index contributed by atoms with van der Waals surface area (Å²) in [4.78, 5) is 1.35. The zero-order chi connectivity index (χ0) is 13.8. The normalized spacial score (nSPS) is 12.4. The van der Waals surface area contributed by atoms with E-state index < -0.39 is 0 Å². The first-order valence-electron chi connectivity index (χ1n) is 5.88. The van der Waals surface area contributed by atoms with E-state index in [1.807, 2.05) is 13.1 Å². The van der Waals surface area contributed by atoms with Gasteiger partial charge in [0.2, 0.25) is 0 Å². The van der Waals surface area contributed by atoms with Gasteiger partial charge < -0.3 is 10.1 Å². The number of thiophene rings is 1. The molecule has 0 saturated carbocycles. The number of rotatable bonds is 5. The Morgan fingerprint density at radius 1 is 1.26 bits per heavy atom. The third-order valence-corrected chi connectivity index (χ3v) is 5.58. The van der Waals surface area contributed by atoms with Crippen molar-refractivity contribution in [3.05, 3.63) is 49.0 Å². The molecule has 0 fully saturated rings. The number of hydrogen-bond acceptors (Lipinski definition) is 3. The first-order chi connectivity index (χ1) is 9.15. The molecular weight excluding hydrogens is 390 g/mol. The Morgan fingerprint density at radius 2 is 2.05 bits per heavy atom. The molecule has 0 bridgehead atoms. The quantitative estimate of drug-likeness (QED) is 0.773. The molecule has 0 aliphatic rings. The van der Waals surface area contributed by atoms with E-state index in [1.54, 1.807) is 18.4 Å². The molecule has 2 aromatic rings. The van der Waals surface area contributed by atoms with Crippen molar-refractivity contribution in [2.24, 2.45) is 0 Å². The van der Waals surface area contributed by atoms with E-state index in [0.29, 0.717) is 0 Å². The molecule has 5 heteroatoms. The van der Waals surface area contributed by atoms with Crippen molar-refractivity contribution in [3.8, 4) is 5.75 Å². The van der Waals surface area contributed by atoms with Crippen molar-refractivity contribution in [2.75, 3.05) is 14.2 Å². The van der Waals surface area contributed by atoms with Crippen molar-refractivity contribution < 1.29 is 4.74 Å². The third-order valence-electron chi connectivity index (χ3n) is 3.01. The SMILES string of the molecule is CNC(Cc1sccc1Br)c1ccc(OC)c(Br)c1. The molecule has 0 radical (unpaired) electrons. The van der Waals surface area contributed by atoms with Crippen LogP contribution >= 0.6 is 43.2 Å². The first-order valence-corrected chi connectivity index (χ1v) is 8.35. The minimum Gasteiger partial charge on any atom is -0.496 e. The molecule has 1 aromatic carbocycles. The molecule has 2 nitrogen and oxygen atoms in total. The first kappa shape index (κ1) is 15.0. The fourth-order valence-corrected chi connectivity index (χ4v) is 4.06. The van der Waals surface area contributed by atoms with Crippen molar-refractivity contribution in [3.63, 3.8) is 0 Å². The fourth-order valence-electron chi connectivity index (χ4n) is 1.94. The molecule has 1 N–H and O–H groups in total. The third kappa shape index (κ3) is 3.60. The van der Waals surface area contributed by atoms with Crippen molar-refractivity contribution in [1.82, 2.24) is 5.32 Å². The summed E-state index contributed by atoms with van der Waals surface area (Å²) in [6.45, 7) is 0. The Labute approximate surface area is 134 Å². The lowest BCUT2D eigenvalue weighted by Crippen LogP contribution is -2.18. The monoisotopic (exact) mass is 403 g/mol. The molecule has 0 saturated heterocycles. The maximum Gasteiger partial charge on any atom is 0.133 e. The fraction of sp³-hybridized carbons (Fsp3) is 0.286. The van der Waals surface area contributed by atoms with Crippen LogP contribution in [0.2, 0.25) is 0 Å². The summed E-state index contributed by atoms with van der Waals surface area (Å²) in [5, 5.41) is 5.48. The van der Waals surface area contributed by atoms with Crippen LogP contribution in [0.1, 0.15) is 16.5 Å². The van der Waals surface area contributed by atoms with Crippen LogP contribution in [0, 0.1) is 0 Å². The smallest absolute Gasteiger partial charge is 0.133 e. The van der Waals surface area contributed by atoms with Gasteiger partial charge in [0.15, 0.2) is 0 Å². The van der Waals surface area contributed by atoms with Gasteiger partial charge in [-0.25, -0.2) is 0 Å². The Morgan fingerprint density at radius 3 is 2.58 bits per heavy atom. The summed E-state index contributed by atoms with van der Waals surface area (Å²) in [5.41, 5.74) is 1.25. The second-order valence-electron chi connectivity index (χ2n) is 4.13. The zero-order valence-electron chi connectivity index (χ0n) is 10.7. The zero-order valence-corrected chi connectivity index (χ0v) is 14.7. The van der Waals surface area contributed by atoms with Gasteiger partial charge in [-0.3, -0.25) is 0 Å². The molecule has 102 valence electrons. The lowest BCUT2D eigenvalue weighted by molar-refractivity contribution is 0.411. The van der Waals surface area contributed by atoms with Gasteiger partial charge in [0.1, 0.15) is 5.75 Å². The van der Waals surface area contributed by atoms with Crippen LogP contribution in [0.3, 0.4) is 0 Å². The number of likely N-dealkylation sites (N-methyl/N-ethyl adjacent to an activating group) is 1. The van der Waals surface area contributed by atoms with E-state index in [4.69, 9.17) is 4.74 Å². The highest BCUT2D eigenvalue weighted by Crippen LogP contribution is 2.31. The number of nitrogens with one attached hydrogen (secondary N) is 1. The van der Waals surface area contributed by atoms with Crippen LogP contribution in [-0.4, -0.2) is 14.2 Å². The van der Waals surface area contributed by atoms with Crippen molar-refractivity contribution in [2.45, 2.75) is 12.5 Å². The van der Waals surface area contributed by atoms with Gasteiger partial charge in [-0.2, -0.15) is 0 Å². The largest absolute Gasteiger partial charge is 0.496 e. The lowest BCUT2D eigenvalue weighted by Gasteiger charge is -2.17. The highest BCUT2D eigenvalue weighted by molar-refractivity contribution is 9.10. The molecule has 0 aliphatic heterocycles. The topological polar surface area (TPSA) is 21.3 Å². The minimum atomic E-state index is 0.289. The average Bonchev–Trinajstić information content (AvgIpc) is 2.81. The number of methoxy groups -OCH3 is 1. The van der Waals surface area contributed by atoms with E-state index in [-0.39, 0.29) is 6.04 Å². The predicted molar refractivity (Wildman–Crippen MR) is 88.2 cm³/mol. The molecule has 2 rings (SSSR count). The summed E-state index contributed by atoms with van der Waals surface area (Å²) in [5.74, 6) is 0.857. The summed E-state index contributed by atoms with van der Waals surface area (Å²) < 4.78 is 7.44. The molecule has 0 aliphatic carbocycles. The molecule has 19 heavy (non-hydrogen) atoms. The van der Waals surface area contributed by atoms with Gasteiger partial charge in [0, 0.05) is 21.8 Å². The van der Waals surface area contributed by atoms with Crippen LogP contribution in [0.4, 0.5) is 0 Å². The minimum absolute atomic E-state index is 0.289. The molecule has 0 amide bonds. The molecule has 0 spiro atoms. The summed E-state index contributed by atoms with van der Waals surface area (Å²) in [6, 6.07) is 8.59. The maximum atomic E-state index is 5.27. The van der Waals surface area contributed by atoms with Crippen LogP contribution in [0.5, 0.6) is 5.75 Å². The molecule has 1 unspecified atom stereocenters. The summed E-state index contributed by atoms with van der Waals surface area (Å²) >= 11 is 8.90. The molecule has 1 aromatic heterocycles. The van der Waals surface area contributed by atoms with E-state index in [2.05, 4.69) is 60.8 Å². The maximum absolute atomic E-state index is 5.27. The summed E-state index contributed by atoms with van der Waals surface area (Å²) in [6.07, 6.45) is 0.966. The second-order valence-corrected chi connectivity index (χ2v) is 6.84. The Kier molecular flexibility index (Phi) is 5.45. The van der Waals surface area contributed by atoms with Crippen molar-refractivity contribution >= 4 is 43.2 Å². The number of hydrogen-bond donors (Lipinski definition) is 1. The lowest BCUT2D eigenvalue weighted by atomic mass is 10.0. The second kappa shape index (κ2) is 6.88. The van der Waals surface area contributed by atoms with Crippen LogP contribution in [0.15, 0.2) is 38.6 Å². The van der Waals surface area contributed by atoms with Crippen LogP contribution in [0.25, 0.3) is 0 Å². The Bertz CT molecular complexity index is 556. The molecule has 1 atom stereocenters. The highest BCUT2D eigenvalue weighted by Gasteiger charge is 2.14. The van der Waals surface area contributed by atoms with Crippen LogP contribution < -0.4 is 10.1 Å². The Hall–Kier alpha value is -0.360. The van der Waals surface area contributed by atoms with Gasteiger partial charge >= 0.3 is 0 Å². The Balaban J connectivity index is 2.22. The van der Waals surface area contributed by atoms with Gasteiger partial charge in [-0.1, -0.05) is 6.07 Å². The average molecular weight is 405 g/mol. The molecular formula is C14H15Br2NOS. The van der Waals surface area contributed by atoms with Crippen LogP contribution in [-0.2, 0) is 6.42 Å². The molecule has 1 heterocycles. The van der Waals surface area contributed by atoms with E-state index in [9.17, 15) is 0 Å². The van der Waals surface area contributed by atoms with Gasteiger partial charge in [-0.15, -0.1) is 11.3 Å².